The molecule has 0 aromatic heterocycles. The van der Waals surface area contributed by atoms with Crippen molar-refractivity contribution in [3.63, 3.8) is 0 Å². The number of carboxylic acid groups (broad SMARTS) is 1. The molecule has 6 nitrogen and oxygen atoms in total. The van der Waals surface area contributed by atoms with Gasteiger partial charge in [0.15, 0.2) is 11.5 Å². The predicted molar refractivity (Wildman–Crippen MR) is 64.3 cm³/mol. The van der Waals surface area contributed by atoms with Crippen molar-refractivity contribution in [3.05, 3.63) is 22.7 Å². The quantitative estimate of drug-likeness (QED) is 0.814. The Balaban J connectivity index is 2.96. The molecule has 0 aliphatic heterocycles. The molecule has 7 heteroatoms. The van der Waals surface area contributed by atoms with Crippen molar-refractivity contribution in [3.8, 4) is 11.5 Å². The molecule has 0 unspecified atom stereocenters. The van der Waals surface area contributed by atoms with Crippen LogP contribution >= 0.6 is 11.6 Å². The minimum atomic E-state index is -1.13. The molecule has 1 aromatic rings. The summed E-state index contributed by atoms with van der Waals surface area (Å²) in [4.78, 5) is 21.4. The predicted octanol–water partition coefficient (Wildman–Crippen LogP) is 1.30. The van der Waals surface area contributed by atoms with Crippen molar-refractivity contribution in [1.82, 2.24) is 0 Å². The van der Waals surface area contributed by atoms with Crippen molar-refractivity contribution in [2.45, 2.75) is 6.42 Å². The van der Waals surface area contributed by atoms with Crippen LogP contribution in [-0.2, 0) is 4.79 Å². The van der Waals surface area contributed by atoms with Crippen molar-refractivity contribution in [2.24, 2.45) is 5.73 Å². The molecule has 3 N–H and O–H groups in total. The smallest absolute Gasteiger partial charge is 0.335 e. The van der Waals surface area contributed by atoms with Crippen LogP contribution in [0, 0.1) is 0 Å². The third kappa shape index (κ3) is 3.53. The number of aromatic carboxylic acids is 1. The summed E-state index contributed by atoms with van der Waals surface area (Å²) in [7, 11) is 1.36. The highest BCUT2D eigenvalue weighted by atomic mass is 35.5. The summed E-state index contributed by atoms with van der Waals surface area (Å²) in [6, 6.07) is 2.53. The van der Waals surface area contributed by atoms with E-state index in [9.17, 15) is 9.59 Å². The third-order valence-corrected chi connectivity index (χ3v) is 2.35. The van der Waals surface area contributed by atoms with E-state index in [2.05, 4.69) is 0 Å². The molecule has 0 atom stereocenters. The van der Waals surface area contributed by atoms with Crippen LogP contribution in [-0.4, -0.2) is 30.7 Å². The SMILES string of the molecule is COc1cc(C(=O)O)cc(Cl)c1OCCC(N)=O. The summed E-state index contributed by atoms with van der Waals surface area (Å²) >= 11 is 5.89. The molecule has 0 radical (unpaired) electrons. The van der Waals surface area contributed by atoms with E-state index in [1.165, 1.54) is 19.2 Å². The molecular formula is C11H12ClNO5. The Hall–Kier alpha value is -1.95. The first-order chi connectivity index (χ1) is 8.45. The van der Waals surface area contributed by atoms with Crippen LogP contribution in [0.15, 0.2) is 12.1 Å². The molecule has 0 fully saturated rings. The summed E-state index contributed by atoms with van der Waals surface area (Å²) in [5.74, 6) is -1.26. The molecule has 0 saturated carbocycles. The lowest BCUT2D eigenvalue weighted by Crippen LogP contribution is -2.15. The van der Waals surface area contributed by atoms with Crippen LogP contribution in [0.2, 0.25) is 5.02 Å². The highest BCUT2D eigenvalue weighted by Crippen LogP contribution is 2.36. The van der Waals surface area contributed by atoms with Crippen LogP contribution in [0.5, 0.6) is 11.5 Å². The number of benzene rings is 1. The number of primary amides is 1. The number of carbonyl (C=O) groups is 2. The molecule has 0 spiro atoms. The second kappa shape index (κ2) is 6.11. The zero-order valence-electron chi connectivity index (χ0n) is 9.60. The number of methoxy groups -OCH3 is 1. The molecule has 98 valence electrons. The third-order valence-electron chi connectivity index (χ3n) is 2.07. The van der Waals surface area contributed by atoms with Crippen LogP contribution in [0.1, 0.15) is 16.8 Å². The maximum absolute atomic E-state index is 10.8. The van der Waals surface area contributed by atoms with Gasteiger partial charge in [-0.15, -0.1) is 0 Å². The maximum Gasteiger partial charge on any atom is 0.335 e. The Morgan fingerprint density at radius 3 is 2.61 bits per heavy atom. The first-order valence-corrected chi connectivity index (χ1v) is 5.35. The topological polar surface area (TPSA) is 98.8 Å². The largest absolute Gasteiger partial charge is 0.493 e. The lowest BCUT2D eigenvalue weighted by atomic mass is 10.2. The Morgan fingerprint density at radius 1 is 1.44 bits per heavy atom. The van der Waals surface area contributed by atoms with E-state index in [4.69, 9.17) is 31.9 Å². The highest BCUT2D eigenvalue weighted by Gasteiger charge is 2.15. The van der Waals surface area contributed by atoms with Gasteiger partial charge in [-0.1, -0.05) is 11.6 Å². The fourth-order valence-electron chi connectivity index (χ4n) is 1.24. The maximum atomic E-state index is 10.8. The number of hydrogen-bond donors (Lipinski definition) is 2. The number of carbonyl (C=O) groups excluding carboxylic acids is 1. The molecule has 0 bridgehead atoms. The van der Waals surface area contributed by atoms with Gasteiger partial charge in [-0.25, -0.2) is 4.79 Å². The zero-order valence-corrected chi connectivity index (χ0v) is 10.4. The minimum Gasteiger partial charge on any atom is -0.493 e. The lowest BCUT2D eigenvalue weighted by Gasteiger charge is -2.12. The molecule has 1 rings (SSSR count). The summed E-state index contributed by atoms with van der Waals surface area (Å²) in [5.41, 5.74) is 4.95. The number of nitrogens with two attached hydrogens (primary N) is 1. The van der Waals surface area contributed by atoms with Crippen molar-refractivity contribution in [1.29, 1.82) is 0 Å². The standard InChI is InChI=1S/C11H12ClNO5/c1-17-8-5-6(11(15)16)4-7(12)10(8)18-3-2-9(13)14/h4-5H,2-3H2,1H3,(H2,13,14)(H,15,16). The van der Waals surface area contributed by atoms with Crippen LogP contribution < -0.4 is 15.2 Å². The fourth-order valence-corrected chi connectivity index (χ4v) is 1.50. The molecule has 0 aliphatic rings. The summed E-state index contributed by atoms with van der Waals surface area (Å²) in [6.07, 6.45) is 0.0279. The Bertz CT molecular complexity index is 475. The van der Waals surface area contributed by atoms with Gasteiger partial charge in [0.2, 0.25) is 5.91 Å². The van der Waals surface area contributed by atoms with E-state index in [1.54, 1.807) is 0 Å². The van der Waals surface area contributed by atoms with E-state index in [-0.39, 0.29) is 35.1 Å². The second-order valence-corrected chi connectivity index (χ2v) is 3.77. The molecular weight excluding hydrogens is 262 g/mol. The number of ether oxygens (including phenoxy) is 2. The van der Waals surface area contributed by atoms with Gasteiger partial charge in [-0.05, 0) is 12.1 Å². The Morgan fingerprint density at radius 2 is 2.11 bits per heavy atom. The molecule has 0 saturated heterocycles. The van der Waals surface area contributed by atoms with Gasteiger partial charge in [0.1, 0.15) is 0 Å². The Labute approximate surface area is 108 Å². The average Bonchev–Trinajstić information content (AvgIpc) is 2.29. The van der Waals surface area contributed by atoms with Crippen molar-refractivity contribution in [2.75, 3.05) is 13.7 Å². The normalized spacial score (nSPS) is 9.89. The van der Waals surface area contributed by atoms with E-state index in [0.717, 1.165) is 0 Å². The number of rotatable bonds is 6. The number of halogens is 1. The van der Waals surface area contributed by atoms with Gasteiger partial charge < -0.3 is 20.3 Å². The molecule has 1 aromatic carbocycles. The average molecular weight is 274 g/mol. The van der Waals surface area contributed by atoms with Crippen LogP contribution in [0.3, 0.4) is 0 Å². The Kier molecular flexibility index (Phi) is 4.79. The van der Waals surface area contributed by atoms with Gasteiger partial charge in [0, 0.05) is 0 Å². The van der Waals surface area contributed by atoms with E-state index < -0.39 is 11.9 Å². The summed E-state index contributed by atoms with van der Waals surface area (Å²) < 4.78 is 10.2. The van der Waals surface area contributed by atoms with Gasteiger partial charge in [-0.3, -0.25) is 4.79 Å². The summed E-state index contributed by atoms with van der Waals surface area (Å²) in [5, 5.41) is 8.95. The lowest BCUT2D eigenvalue weighted by molar-refractivity contribution is -0.118. The van der Waals surface area contributed by atoms with Gasteiger partial charge in [-0.2, -0.15) is 0 Å². The minimum absolute atomic E-state index is 0.0147. The number of amides is 1. The van der Waals surface area contributed by atoms with Gasteiger partial charge >= 0.3 is 5.97 Å². The highest BCUT2D eigenvalue weighted by molar-refractivity contribution is 6.32. The van der Waals surface area contributed by atoms with Crippen LogP contribution in [0.25, 0.3) is 0 Å². The molecule has 1 amide bonds. The van der Waals surface area contributed by atoms with E-state index >= 15 is 0 Å². The van der Waals surface area contributed by atoms with Crippen molar-refractivity contribution < 1.29 is 24.2 Å². The van der Waals surface area contributed by atoms with E-state index in [0.29, 0.717) is 0 Å². The van der Waals surface area contributed by atoms with E-state index in [1.807, 2.05) is 0 Å². The molecule has 18 heavy (non-hydrogen) atoms. The molecule has 0 aliphatic carbocycles. The fraction of sp³-hybridized carbons (Fsp3) is 0.273. The van der Waals surface area contributed by atoms with Crippen LogP contribution in [0.4, 0.5) is 0 Å². The second-order valence-electron chi connectivity index (χ2n) is 3.36. The first-order valence-electron chi connectivity index (χ1n) is 4.97. The number of carboxylic acids is 1. The van der Waals surface area contributed by atoms with Crippen molar-refractivity contribution >= 4 is 23.5 Å². The summed E-state index contributed by atoms with van der Waals surface area (Å²) in [6.45, 7) is 0.0395. The zero-order chi connectivity index (χ0) is 13.7. The van der Waals surface area contributed by atoms with Gasteiger partial charge in [0.05, 0.1) is 30.7 Å². The molecule has 0 heterocycles. The first kappa shape index (κ1) is 14.1. The monoisotopic (exact) mass is 273 g/mol. The van der Waals surface area contributed by atoms with Gasteiger partial charge in [0.25, 0.3) is 0 Å². The number of hydrogen-bond acceptors (Lipinski definition) is 4.